The van der Waals surface area contributed by atoms with Crippen LogP contribution in [0.4, 0.5) is 0 Å². The predicted molar refractivity (Wildman–Crippen MR) is 87.3 cm³/mol. The summed E-state index contributed by atoms with van der Waals surface area (Å²) in [6, 6.07) is 18.7. The SMILES string of the molecule is C=Cc1ccc(Cn2nnnc2CCc2ccccc2)cc1. The first-order valence-electron chi connectivity index (χ1n) is 7.35. The van der Waals surface area contributed by atoms with E-state index >= 15 is 0 Å². The Labute approximate surface area is 130 Å². The number of benzene rings is 2. The van der Waals surface area contributed by atoms with E-state index in [0.29, 0.717) is 6.54 Å². The van der Waals surface area contributed by atoms with E-state index in [4.69, 9.17) is 0 Å². The predicted octanol–water partition coefficient (Wildman–Crippen LogP) is 3.15. The Morgan fingerprint density at radius 1 is 0.909 bits per heavy atom. The summed E-state index contributed by atoms with van der Waals surface area (Å²) in [5.41, 5.74) is 3.59. The molecular weight excluding hydrogens is 272 g/mol. The minimum Gasteiger partial charge on any atom is -0.225 e. The molecule has 0 spiro atoms. The first kappa shape index (κ1) is 14.2. The van der Waals surface area contributed by atoms with Gasteiger partial charge in [0.2, 0.25) is 0 Å². The first-order chi connectivity index (χ1) is 10.8. The van der Waals surface area contributed by atoms with E-state index in [1.54, 1.807) is 0 Å². The molecule has 4 heteroatoms. The standard InChI is InChI=1S/C18H18N4/c1-2-15-8-10-17(11-9-15)14-22-18(19-20-21-22)13-12-16-6-4-3-5-7-16/h2-11H,1,12-14H2. The van der Waals surface area contributed by atoms with Crippen LogP contribution in [0.1, 0.15) is 22.5 Å². The molecule has 4 nitrogen and oxygen atoms in total. The Hall–Kier alpha value is -2.75. The normalized spacial score (nSPS) is 10.5. The third-order valence-electron chi connectivity index (χ3n) is 3.63. The van der Waals surface area contributed by atoms with Gasteiger partial charge < -0.3 is 0 Å². The van der Waals surface area contributed by atoms with Gasteiger partial charge >= 0.3 is 0 Å². The lowest BCUT2D eigenvalue weighted by molar-refractivity contribution is 0.615. The molecule has 2 aromatic carbocycles. The lowest BCUT2D eigenvalue weighted by atomic mass is 10.1. The largest absolute Gasteiger partial charge is 0.225 e. The molecule has 3 aromatic rings. The van der Waals surface area contributed by atoms with Gasteiger partial charge in [0.1, 0.15) is 0 Å². The van der Waals surface area contributed by atoms with Gasteiger partial charge in [-0.2, -0.15) is 0 Å². The van der Waals surface area contributed by atoms with Crippen LogP contribution in [0.5, 0.6) is 0 Å². The van der Waals surface area contributed by atoms with Gasteiger partial charge in [-0.05, 0) is 33.5 Å². The van der Waals surface area contributed by atoms with Gasteiger partial charge in [-0.25, -0.2) is 4.68 Å². The summed E-state index contributed by atoms with van der Waals surface area (Å²) in [7, 11) is 0. The zero-order chi connectivity index (χ0) is 15.2. The number of hydrogen-bond acceptors (Lipinski definition) is 3. The van der Waals surface area contributed by atoms with E-state index < -0.39 is 0 Å². The van der Waals surface area contributed by atoms with E-state index in [1.165, 1.54) is 11.1 Å². The second-order valence-electron chi connectivity index (χ2n) is 5.18. The summed E-state index contributed by atoms with van der Waals surface area (Å²) in [5, 5.41) is 12.1. The molecule has 0 atom stereocenters. The molecule has 0 saturated heterocycles. The Balaban J connectivity index is 1.67. The summed E-state index contributed by atoms with van der Waals surface area (Å²) in [6.45, 7) is 4.46. The number of rotatable bonds is 6. The van der Waals surface area contributed by atoms with Crippen LogP contribution in [0.15, 0.2) is 61.2 Å². The smallest absolute Gasteiger partial charge is 0.151 e. The lowest BCUT2D eigenvalue weighted by Gasteiger charge is -2.05. The molecule has 22 heavy (non-hydrogen) atoms. The van der Waals surface area contributed by atoms with Crippen molar-refractivity contribution in [3.8, 4) is 0 Å². The molecular formula is C18H18N4. The topological polar surface area (TPSA) is 43.6 Å². The number of tetrazole rings is 1. The van der Waals surface area contributed by atoms with Gasteiger partial charge in [0, 0.05) is 6.42 Å². The maximum Gasteiger partial charge on any atom is 0.151 e. The lowest BCUT2D eigenvalue weighted by Crippen LogP contribution is -2.08. The van der Waals surface area contributed by atoms with E-state index in [1.807, 2.05) is 16.8 Å². The van der Waals surface area contributed by atoms with Gasteiger partial charge in [-0.15, -0.1) is 5.10 Å². The average molecular weight is 290 g/mol. The van der Waals surface area contributed by atoms with Crippen LogP contribution < -0.4 is 0 Å². The molecule has 0 radical (unpaired) electrons. The summed E-state index contributed by atoms with van der Waals surface area (Å²) in [5.74, 6) is 0.914. The zero-order valence-electron chi connectivity index (χ0n) is 12.4. The van der Waals surface area contributed by atoms with Crippen molar-refractivity contribution in [2.75, 3.05) is 0 Å². The highest BCUT2D eigenvalue weighted by Crippen LogP contribution is 2.09. The average Bonchev–Trinajstić information content (AvgIpc) is 3.02. The summed E-state index contributed by atoms with van der Waals surface area (Å²) in [4.78, 5) is 0. The fourth-order valence-corrected chi connectivity index (χ4v) is 2.36. The fourth-order valence-electron chi connectivity index (χ4n) is 2.36. The molecule has 0 amide bonds. The van der Waals surface area contributed by atoms with Crippen LogP contribution >= 0.6 is 0 Å². The molecule has 0 unspecified atom stereocenters. The molecule has 0 fully saturated rings. The van der Waals surface area contributed by atoms with Gasteiger partial charge in [0.05, 0.1) is 6.54 Å². The maximum atomic E-state index is 4.15. The highest BCUT2D eigenvalue weighted by Gasteiger charge is 2.07. The van der Waals surface area contributed by atoms with E-state index in [0.717, 1.165) is 24.2 Å². The Bertz CT molecular complexity index is 729. The number of aryl methyl sites for hydroxylation is 2. The monoisotopic (exact) mass is 290 g/mol. The molecule has 110 valence electrons. The first-order valence-corrected chi connectivity index (χ1v) is 7.35. The molecule has 0 aliphatic heterocycles. The third kappa shape index (κ3) is 3.47. The van der Waals surface area contributed by atoms with Gasteiger partial charge in [0.25, 0.3) is 0 Å². The number of aromatic nitrogens is 4. The van der Waals surface area contributed by atoms with Crippen molar-refractivity contribution in [2.24, 2.45) is 0 Å². The minimum atomic E-state index is 0.689. The van der Waals surface area contributed by atoms with E-state index in [2.05, 4.69) is 70.6 Å². The van der Waals surface area contributed by atoms with Crippen molar-refractivity contribution in [1.29, 1.82) is 0 Å². The van der Waals surface area contributed by atoms with Crippen molar-refractivity contribution < 1.29 is 0 Å². The van der Waals surface area contributed by atoms with Crippen LogP contribution in [0.3, 0.4) is 0 Å². The van der Waals surface area contributed by atoms with Crippen molar-refractivity contribution in [1.82, 2.24) is 20.2 Å². The second-order valence-corrected chi connectivity index (χ2v) is 5.18. The number of nitrogens with zero attached hydrogens (tertiary/aromatic N) is 4. The summed E-state index contributed by atoms with van der Waals surface area (Å²) in [6.07, 6.45) is 3.62. The Morgan fingerprint density at radius 3 is 2.41 bits per heavy atom. The number of hydrogen-bond donors (Lipinski definition) is 0. The van der Waals surface area contributed by atoms with Crippen LogP contribution in [-0.2, 0) is 19.4 Å². The molecule has 1 heterocycles. The van der Waals surface area contributed by atoms with Crippen LogP contribution in [-0.4, -0.2) is 20.2 Å². The van der Waals surface area contributed by atoms with Crippen molar-refractivity contribution in [3.05, 3.63) is 83.7 Å². The highest BCUT2D eigenvalue weighted by molar-refractivity contribution is 5.47. The molecule has 0 bridgehead atoms. The van der Waals surface area contributed by atoms with E-state index in [9.17, 15) is 0 Å². The van der Waals surface area contributed by atoms with Crippen molar-refractivity contribution >= 4 is 6.08 Å². The molecule has 0 aliphatic rings. The highest BCUT2D eigenvalue weighted by atomic mass is 15.5. The van der Waals surface area contributed by atoms with Crippen LogP contribution in [0, 0.1) is 0 Å². The van der Waals surface area contributed by atoms with Crippen LogP contribution in [0.25, 0.3) is 6.08 Å². The molecule has 3 rings (SSSR count). The van der Waals surface area contributed by atoms with Crippen molar-refractivity contribution in [2.45, 2.75) is 19.4 Å². The molecule has 0 aliphatic carbocycles. The van der Waals surface area contributed by atoms with E-state index in [-0.39, 0.29) is 0 Å². The summed E-state index contributed by atoms with van der Waals surface area (Å²) < 4.78 is 1.87. The van der Waals surface area contributed by atoms with Crippen LogP contribution in [0.2, 0.25) is 0 Å². The minimum absolute atomic E-state index is 0.689. The maximum absolute atomic E-state index is 4.15. The van der Waals surface area contributed by atoms with Gasteiger partial charge in [-0.1, -0.05) is 67.3 Å². The van der Waals surface area contributed by atoms with Crippen molar-refractivity contribution in [3.63, 3.8) is 0 Å². The Morgan fingerprint density at radius 2 is 1.68 bits per heavy atom. The molecule has 1 aromatic heterocycles. The summed E-state index contributed by atoms with van der Waals surface area (Å²) >= 11 is 0. The fraction of sp³-hybridized carbons (Fsp3) is 0.167. The molecule has 0 saturated carbocycles. The quantitative estimate of drug-likeness (QED) is 0.700. The van der Waals surface area contributed by atoms with Gasteiger partial charge in [-0.3, -0.25) is 0 Å². The Kier molecular flexibility index (Phi) is 4.39. The molecule has 0 N–H and O–H groups in total. The third-order valence-corrected chi connectivity index (χ3v) is 3.63. The zero-order valence-corrected chi connectivity index (χ0v) is 12.4. The second kappa shape index (κ2) is 6.80. The van der Waals surface area contributed by atoms with Gasteiger partial charge in [0.15, 0.2) is 5.82 Å².